The molecule has 2 saturated heterocycles. The maximum atomic E-state index is 12.8. The number of anilines is 1. The molecule has 6 nitrogen and oxygen atoms in total. The number of carbonyl (C=O) groups excluding carboxylic acids is 1. The second kappa shape index (κ2) is 10.0. The lowest BCUT2D eigenvalue weighted by Crippen LogP contribution is -2.55. The van der Waals surface area contributed by atoms with Gasteiger partial charge < -0.3 is 20.0 Å². The lowest BCUT2D eigenvalue weighted by Gasteiger charge is -2.38. The van der Waals surface area contributed by atoms with Crippen molar-refractivity contribution >= 4 is 23.4 Å². The van der Waals surface area contributed by atoms with Crippen LogP contribution in [-0.2, 0) is 6.18 Å². The minimum atomic E-state index is -4.47. The summed E-state index contributed by atoms with van der Waals surface area (Å²) in [6.45, 7) is 5.18. The monoisotopic (exact) mass is 473 g/mol. The number of piperazine rings is 1. The Morgan fingerprint density at radius 2 is 1.72 bits per heavy atom. The van der Waals surface area contributed by atoms with Crippen molar-refractivity contribution in [3.8, 4) is 0 Å². The van der Waals surface area contributed by atoms with Gasteiger partial charge in [-0.2, -0.15) is 13.2 Å². The Balaban J connectivity index is 1.21. The number of aromatic nitrogens is 1. The van der Waals surface area contributed by atoms with Gasteiger partial charge in [-0.25, -0.2) is 9.78 Å². The zero-order valence-electron chi connectivity index (χ0n) is 18.2. The number of nitrogens with one attached hydrogen (secondary N) is 1. The summed E-state index contributed by atoms with van der Waals surface area (Å²) in [5, 5.41) is 3.14. The molecule has 3 heterocycles. The van der Waals surface area contributed by atoms with E-state index in [0.29, 0.717) is 32.0 Å². The van der Waals surface area contributed by atoms with Crippen molar-refractivity contribution in [2.75, 3.05) is 50.7 Å². The van der Waals surface area contributed by atoms with E-state index in [-0.39, 0.29) is 17.1 Å². The Labute approximate surface area is 192 Å². The molecule has 1 N–H and O–H groups in total. The minimum Gasteiger partial charge on any atom is -0.352 e. The van der Waals surface area contributed by atoms with Gasteiger partial charge in [0.2, 0.25) is 0 Å². The van der Waals surface area contributed by atoms with Crippen LogP contribution >= 0.6 is 11.6 Å². The van der Waals surface area contributed by atoms with Crippen LogP contribution in [0.25, 0.3) is 0 Å². The van der Waals surface area contributed by atoms with Crippen LogP contribution in [0.5, 0.6) is 0 Å². The van der Waals surface area contributed by atoms with E-state index in [9.17, 15) is 18.0 Å². The predicted molar refractivity (Wildman–Crippen MR) is 118 cm³/mol. The minimum absolute atomic E-state index is 0.0258. The fourth-order valence-corrected chi connectivity index (χ4v) is 5.31. The average molecular weight is 474 g/mol. The second-order valence-electron chi connectivity index (χ2n) is 9.18. The van der Waals surface area contributed by atoms with Crippen LogP contribution in [0, 0.1) is 5.92 Å². The van der Waals surface area contributed by atoms with Crippen molar-refractivity contribution in [1.29, 1.82) is 0 Å². The fourth-order valence-electron chi connectivity index (χ4n) is 5.02. The summed E-state index contributed by atoms with van der Waals surface area (Å²) >= 11 is 6.06. The summed E-state index contributed by atoms with van der Waals surface area (Å²) in [6, 6.07) is 1.04. The zero-order valence-corrected chi connectivity index (χ0v) is 19.0. The van der Waals surface area contributed by atoms with Crippen molar-refractivity contribution < 1.29 is 18.0 Å². The first-order valence-corrected chi connectivity index (χ1v) is 11.9. The molecule has 1 saturated carbocycles. The normalized spacial score (nSPS) is 21.9. The van der Waals surface area contributed by atoms with E-state index < -0.39 is 11.7 Å². The quantitative estimate of drug-likeness (QED) is 0.710. The standard InChI is InChI=1S/C22H31ClF3N5O/c23-19-13-17(22(24,25)26)14-27-20(19)30-9-11-31(12-10-30)21(32)28-18-5-7-29(8-6-18)15-16-3-1-2-4-16/h13-14,16,18H,1-12,15H2,(H,28,32). The highest BCUT2D eigenvalue weighted by atomic mass is 35.5. The smallest absolute Gasteiger partial charge is 0.352 e. The van der Waals surface area contributed by atoms with Crippen molar-refractivity contribution in [1.82, 2.24) is 20.1 Å². The number of hydrogen-bond donors (Lipinski definition) is 1. The van der Waals surface area contributed by atoms with E-state index in [1.807, 2.05) is 4.90 Å². The molecule has 3 fully saturated rings. The van der Waals surface area contributed by atoms with Crippen LogP contribution in [0.1, 0.15) is 44.1 Å². The summed E-state index contributed by atoms with van der Waals surface area (Å²) in [5.41, 5.74) is -0.862. The number of pyridine rings is 1. The van der Waals surface area contributed by atoms with E-state index in [1.54, 1.807) is 4.90 Å². The molecule has 1 aromatic rings. The summed E-state index contributed by atoms with van der Waals surface area (Å²) < 4.78 is 38.5. The van der Waals surface area contributed by atoms with Gasteiger partial charge in [0.25, 0.3) is 0 Å². The van der Waals surface area contributed by atoms with Gasteiger partial charge in [0.05, 0.1) is 10.6 Å². The molecule has 0 spiro atoms. The molecule has 2 aliphatic heterocycles. The predicted octanol–water partition coefficient (Wildman–Crippen LogP) is 4.24. The van der Waals surface area contributed by atoms with Crippen molar-refractivity contribution in [3.63, 3.8) is 0 Å². The second-order valence-corrected chi connectivity index (χ2v) is 9.58. The molecule has 32 heavy (non-hydrogen) atoms. The topological polar surface area (TPSA) is 51.7 Å². The van der Waals surface area contributed by atoms with Gasteiger partial charge in [-0.05, 0) is 37.7 Å². The van der Waals surface area contributed by atoms with E-state index in [4.69, 9.17) is 11.6 Å². The molecule has 0 radical (unpaired) electrons. The van der Waals surface area contributed by atoms with Gasteiger partial charge in [-0.3, -0.25) is 0 Å². The van der Waals surface area contributed by atoms with Crippen molar-refractivity contribution in [2.24, 2.45) is 5.92 Å². The average Bonchev–Trinajstić information content (AvgIpc) is 3.28. The first-order chi connectivity index (χ1) is 15.3. The Kier molecular flexibility index (Phi) is 7.34. The Morgan fingerprint density at radius 1 is 1.06 bits per heavy atom. The Morgan fingerprint density at radius 3 is 2.31 bits per heavy atom. The van der Waals surface area contributed by atoms with Crippen LogP contribution in [0.3, 0.4) is 0 Å². The number of halogens is 4. The van der Waals surface area contributed by atoms with Crippen LogP contribution < -0.4 is 10.2 Å². The van der Waals surface area contributed by atoms with E-state index in [1.165, 1.54) is 32.2 Å². The number of carbonyl (C=O) groups is 1. The number of rotatable bonds is 4. The lowest BCUT2D eigenvalue weighted by molar-refractivity contribution is -0.137. The first kappa shape index (κ1) is 23.4. The van der Waals surface area contributed by atoms with E-state index in [0.717, 1.165) is 44.1 Å². The molecule has 10 heteroatoms. The number of piperidine rings is 1. The van der Waals surface area contributed by atoms with Crippen LogP contribution in [0.15, 0.2) is 12.3 Å². The third-order valence-corrected chi connectivity index (χ3v) is 7.20. The highest BCUT2D eigenvalue weighted by Crippen LogP contribution is 2.33. The van der Waals surface area contributed by atoms with Crippen LogP contribution in [0.4, 0.5) is 23.8 Å². The summed E-state index contributed by atoms with van der Waals surface area (Å²) in [5.74, 6) is 1.18. The first-order valence-electron chi connectivity index (χ1n) is 11.5. The molecular formula is C22H31ClF3N5O. The number of likely N-dealkylation sites (tertiary alicyclic amines) is 1. The molecule has 0 atom stereocenters. The van der Waals surface area contributed by atoms with Gasteiger partial charge in [-0.1, -0.05) is 24.4 Å². The highest BCUT2D eigenvalue weighted by Gasteiger charge is 2.33. The molecule has 0 unspecified atom stereocenters. The molecule has 2 amide bonds. The number of amides is 2. The van der Waals surface area contributed by atoms with Gasteiger partial charge in [0, 0.05) is 58.1 Å². The number of hydrogen-bond acceptors (Lipinski definition) is 4. The molecule has 1 aromatic heterocycles. The van der Waals surface area contributed by atoms with E-state index >= 15 is 0 Å². The van der Waals surface area contributed by atoms with Gasteiger partial charge in [0.15, 0.2) is 0 Å². The summed E-state index contributed by atoms with van der Waals surface area (Å²) in [7, 11) is 0. The molecule has 178 valence electrons. The number of nitrogens with zero attached hydrogens (tertiary/aromatic N) is 4. The molecular weight excluding hydrogens is 443 g/mol. The molecule has 1 aliphatic carbocycles. The Bertz CT molecular complexity index is 786. The fraction of sp³-hybridized carbons (Fsp3) is 0.727. The van der Waals surface area contributed by atoms with Crippen LogP contribution in [0.2, 0.25) is 5.02 Å². The largest absolute Gasteiger partial charge is 0.417 e. The summed E-state index contributed by atoms with van der Waals surface area (Å²) in [6.07, 6.45) is 3.73. The van der Waals surface area contributed by atoms with Gasteiger partial charge in [-0.15, -0.1) is 0 Å². The third-order valence-electron chi connectivity index (χ3n) is 6.92. The molecule has 0 bridgehead atoms. The van der Waals surface area contributed by atoms with Gasteiger partial charge >= 0.3 is 12.2 Å². The maximum absolute atomic E-state index is 12.8. The van der Waals surface area contributed by atoms with Gasteiger partial charge in [0.1, 0.15) is 5.82 Å². The Hall–Kier alpha value is -1.74. The maximum Gasteiger partial charge on any atom is 0.417 e. The molecule has 0 aromatic carbocycles. The number of alkyl halides is 3. The van der Waals surface area contributed by atoms with Crippen molar-refractivity contribution in [3.05, 3.63) is 22.8 Å². The van der Waals surface area contributed by atoms with Crippen molar-refractivity contribution in [2.45, 2.75) is 50.7 Å². The highest BCUT2D eigenvalue weighted by molar-refractivity contribution is 6.33. The lowest BCUT2D eigenvalue weighted by atomic mass is 10.0. The van der Waals surface area contributed by atoms with E-state index in [2.05, 4.69) is 15.2 Å². The zero-order chi connectivity index (χ0) is 22.7. The third kappa shape index (κ3) is 5.78. The SMILES string of the molecule is O=C(NC1CCN(CC2CCCC2)CC1)N1CCN(c2ncc(C(F)(F)F)cc2Cl)CC1. The number of urea groups is 1. The molecule has 4 rings (SSSR count). The summed E-state index contributed by atoms with van der Waals surface area (Å²) in [4.78, 5) is 22.8. The van der Waals surface area contributed by atoms with Crippen LogP contribution in [-0.4, -0.2) is 72.7 Å². The molecule has 3 aliphatic rings.